The number of rotatable bonds is 3. The molecule has 0 saturated carbocycles. The summed E-state index contributed by atoms with van der Waals surface area (Å²) in [6.45, 7) is -3.05. The summed E-state index contributed by atoms with van der Waals surface area (Å²) >= 11 is 11.1. The fourth-order valence-electron chi connectivity index (χ4n) is 0.849. The van der Waals surface area contributed by atoms with Gasteiger partial charge in [0.15, 0.2) is 12.0 Å². The van der Waals surface area contributed by atoms with Gasteiger partial charge in [-0.15, -0.1) is 0 Å². The van der Waals surface area contributed by atoms with Crippen LogP contribution in [0.4, 0.5) is 8.78 Å². The predicted molar refractivity (Wildman–Crippen MR) is 48.5 cm³/mol. The first-order valence-corrected chi connectivity index (χ1v) is 4.20. The van der Waals surface area contributed by atoms with Crippen molar-refractivity contribution < 1.29 is 18.3 Å². The minimum absolute atomic E-state index is 0.0490. The minimum atomic E-state index is -3.05. The molecule has 0 amide bonds. The van der Waals surface area contributed by atoms with E-state index in [1.807, 2.05) is 0 Å². The average molecular weight is 241 g/mol. The summed E-state index contributed by atoms with van der Waals surface area (Å²) in [5.74, 6) is -0.399. The number of carbonyl (C=O) groups is 1. The molecule has 0 atom stereocenters. The molecule has 0 spiro atoms. The van der Waals surface area contributed by atoms with Crippen LogP contribution in [0.2, 0.25) is 10.0 Å². The summed E-state index contributed by atoms with van der Waals surface area (Å²) in [5, 5.41) is -0.149. The first-order chi connectivity index (χ1) is 6.56. The molecule has 0 aliphatic heterocycles. The van der Waals surface area contributed by atoms with E-state index >= 15 is 0 Å². The zero-order chi connectivity index (χ0) is 10.7. The maximum atomic E-state index is 11.9. The van der Waals surface area contributed by atoms with Crippen LogP contribution < -0.4 is 4.74 Å². The second kappa shape index (κ2) is 4.57. The van der Waals surface area contributed by atoms with E-state index in [2.05, 4.69) is 4.74 Å². The van der Waals surface area contributed by atoms with Gasteiger partial charge in [0.1, 0.15) is 5.02 Å². The van der Waals surface area contributed by atoms with Crippen molar-refractivity contribution in [2.45, 2.75) is 6.61 Å². The van der Waals surface area contributed by atoms with Crippen LogP contribution in [0, 0.1) is 0 Å². The number of ether oxygens (including phenoxy) is 1. The van der Waals surface area contributed by atoms with Crippen LogP contribution in [0.15, 0.2) is 12.1 Å². The van der Waals surface area contributed by atoms with E-state index in [4.69, 9.17) is 23.2 Å². The molecule has 2 nitrogen and oxygen atoms in total. The zero-order valence-corrected chi connectivity index (χ0v) is 8.15. The molecule has 0 aliphatic carbocycles. The average Bonchev–Trinajstić information content (AvgIpc) is 2.13. The quantitative estimate of drug-likeness (QED) is 0.758. The Balaban J connectivity index is 3.20. The molecule has 76 valence electrons. The molecule has 0 aromatic heterocycles. The molecule has 0 heterocycles. The first-order valence-electron chi connectivity index (χ1n) is 3.44. The molecule has 0 fully saturated rings. The second-order valence-electron chi connectivity index (χ2n) is 2.28. The summed E-state index contributed by atoms with van der Waals surface area (Å²) in [7, 11) is 0. The number of alkyl halides is 2. The van der Waals surface area contributed by atoms with Gasteiger partial charge in [-0.2, -0.15) is 8.78 Å². The van der Waals surface area contributed by atoms with Gasteiger partial charge in [-0.1, -0.05) is 23.2 Å². The van der Waals surface area contributed by atoms with E-state index < -0.39 is 12.4 Å². The van der Waals surface area contributed by atoms with Crippen molar-refractivity contribution in [1.29, 1.82) is 0 Å². The van der Waals surface area contributed by atoms with Crippen LogP contribution in [0.5, 0.6) is 5.75 Å². The molecule has 0 saturated heterocycles. The lowest BCUT2D eigenvalue weighted by Gasteiger charge is -2.09. The molecule has 0 unspecified atom stereocenters. The Hall–Kier alpha value is -0.870. The third-order valence-electron chi connectivity index (χ3n) is 1.41. The molecular weight excluding hydrogens is 237 g/mol. The van der Waals surface area contributed by atoms with Crippen molar-refractivity contribution in [3.05, 3.63) is 27.7 Å². The topological polar surface area (TPSA) is 26.3 Å². The predicted octanol–water partition coefficient (Wildman–Crippen LogP) is 3.41. The fourth-order valence-corrected chi connectivity index (χ4v) is 1.21. The largest absolute Gasteiger partial charge is 0.432 e. The lowest BCUT2D eigenvalue weighted by Crippen LogP contribution is -2.05. The maximum Gasteiger partial charge on any atom is 0.387 e. The van der Waals surface area contributed by atoms with Crippen LogP contribution in [0.3, 0.4) is 0 Å². The van der Waals surface area contributed by atoms with Crippen molar-refractivity contribution in [2.75, 3.05) is 0 Å². The van der Waals surface area contributed by atoms with Gasteiger partial charge in [0, 0.05) is 0 Å². The molecule has 0 radical (unpaired) electrons. The van der Waals surface area contributed by atoms with E-state index in [-0.39, 0.29) is 15.6 Å². The number of halogens is 4. The molecule has 6 heteroatoms. The van der Waals surface area contributed by atoms with Crippen LogP contribution >= 0.6 is 23.2 Å². The normalized spacial score (nSPS) is 10.4. The number of hydrogen-bond donors (Lipinski definition) is 0. The number of hydrogen-bond acceptors (Lipinski definition) is 2. The SMILES string of the molecule is O=Cc1ccc(Cl)c(Cl)c1OC(F)F. The number of carbonyl (C=O) groups excluding carboxylic acids is 1. The maximum absolute atomic E-state index is 11.9. The molecule has 0 bridgehead atoms. The molecule has 0 aliphatic rings. The highest BCUT2D eigenvalue weighted by molar-refractivity contribution is 6.43. The monoisotopic (exact) mass is 240 g/mol. The van der Waals surface area contributed by atoms with Crippen molar-refractivity contribution in [3.8, 4) is 5.75 Å². The summed E-state index contributed by atoms with van der Waals surface area (Å²) in [4.78, 5) is 10.4. The Labute approximate surface area is 88.4 Å². The van der Waals surface area contributed by atoms with Crippen molar-refractivity contribution in [2.24, 2.45) is 0 Å². The zero-order valence-electron chi connectivity index (χ0n) is 6.64. The van der Waals surface area contributed by atoms with Crippen LogP contribution in [0.25, 0.3) is 0 Å². The van der Waals surface area contributed by atoms with Gasteiger partial charge in [0.05, 0.1) is 10.6 Å². The third kappa shape index (κ3) is 2.33. The van der Waals surface area contributed by atoms with Gasteiger partial charge in [0.2, 0.25) is 0 Å². The standard InChI is InChI=1S/C8H4Cl2F2O2/c9-5-2-1-4(3-13)7(6(5)10)14-8(11)12/h1-3,8H. The molecule has 0 N–H and O–H groups in total. The minimum Gasteiger partial charge on any atom is -0.432 e. The smallest absolute Gasteiger partial charge is 0.387 e. The number of aldehydes is 1. The van der Waals surface area contributed by atoms with Gasteiger partial charge in [0.25, 0.3) is 0 Å². The summed E-state index contributed by atoms with van der Waals surface area (Å²) in [5.41, 5.74) is -0.0697. The van der Waals surface area contributed by atoms with Crippen molar-refractivity contribution in [3.63, 3.8) is 0 Å². The second-order valence-corrected chi connectivity index (χ2v) is 3.06. The lowest BCUT2D eigenvalue weighted by molar-refractivity contribution is -0.0499. The van der Waals surface area contributed by atoms with E-state index in [0.717, 1.165) is 0 Å². The highest BCUT2D eigenvalue weighted by Gasteiger charge is 2.15. The van der Waals surface area contributed by atoms with E-state index in [9.17, 15) is 13.6 Å². The van der Waals surface area contributed by atoms with E-state index in [0.29, 0.717) is 6.29 Å². The number of benzene rings is 1. The Kier molecular flexibility index (Phi) is 3.66. The summed E-state index contributed by atoms with van der Waals surface area (Å²) < 4.78 is 27.9. The fraction of sp³-hybridized carbons (Fsp3) is 0.125. The molecule has 1 aromatic carbocycles. The van der Waals surface area contributed by atoms with E-state index in [1.54, 1.807) is 0 Å². The van der Waals surface area contributed by atoms with Gasteiger partial charge in [-0.05, 0) is 12.1 Å². The van der Waals surface area contributed by atoms with Gasteiger partial charge in [-0.3, -0.25) is 4.79 Å². The first kappa shape index (κ1) is 11.2. The Bertz CT molecular complexity index is 355. The summed E-state index contributed by atoms with van der Waals surface area (Å²) in [6, 6.07) is 2.57. The summed E-state index contributed by atoms with van der Waals surface area (Å²) in [6.07, 6.45) is 0.361. The third-order valence-corrected chi connectivity index (χ3v) is 2.20. The van der Waals surface area contributed by atoms with Gasteiger partial charge < -0.3 is 4.74 Å². The molecular formula is C8H4Cl2F2O2. The van der Waals surface area contributed by atoms with Crippen molar-refractivity contribution in [1.82, 2.24) is 0 Å². The van der Waals surface area contributed by atoms with Crippen molar-refractivity contribution >= 4 is 29.5 Å². The Morgan fingerprint density at radius 2 is 2.00 bits per heavy atom. The van der Waals surface area contributed by atoms with Crippen LogP contribution in [-0.2, 0) is 0 Å². The van der Waals surface area contributed by atoms with Crippen LogP contribution in [-0.4, -0.2) is 12.9 Å². The van der Waals surface area contributed by atoms with Crippen LogP contribution in [0.1, 0.15) is 10.4 Å². The molecule has 14 heavy (non-hydrogen) atoms. The van der Waals surface area contributed by atoms with Gasteiger partial charge >= 0.3 is 6.61 Å². The Morgan fingerprint density at radius 3 is 2.50 bits per heavy atom. The van der Waals surface area contributed by atoms with E-state index in [1.165, 1.54) is 12.1 Å². The highest BCUT2D eigenvalue weighted by Crippen LogP contribution is 2.35. The van der Waals surface area contributed by atoms with Gasteiger partial charge in [-0.25, -0.2) is 0 Å². The molecule has 1 aromatic rings. The highest BCUT2D eigenvalue weighted by atomic mass is 35.5. The lowest BCUT2D eigenvalue weighted by atomic mass is 10.2. The Morgan fingerprint density at radius 1 is 1.36 bits per heavy atom. The molecule has 1 rings (SSSR count).